The molecular weight excluding hydrogens is 180 g/mol. The van der Waals surface area contributed by atoms with E-state index in [1.165, 1.54) is 0 Å². The van der Waals surface area contributed by atoms with E-state index in [-0.39, 0.29) is 0 Å². The van der Waals surface area contributed by atoms with Crippen LogP contribution in [0.15, 0.2) is 0 Å². The van der Waals surface area contributed by atoms with Crippen LogP contribution in [0.3, 0.4) is 0 Å². The van der Waals surface area contributed by atoms with Gasteiger partial charge in [0.15, 0.2) is 0 Å². The largest absolute Gasteiger partial charge is 0.463 e. The average molecular weight is 193 g/mol. The Labute approximate surface area is 77.0 Å². The molecule has 3 nitrogen and oxygen atoms in total. The van der Waals surface area contributed by atoms with Crippen LogP contribution in [0.1, 0.15) is 20.8 Å². The van der Waals surface area contributed by atoms with E-state index in [0.29, 0.717) is 0 Å². The van der Waals surface area contributed by atoms with Gasteiger partial charge >= 0.3 is 5.97 Å². The maximum absolute atomic E-state index is 11.1. The number of esters is 1. The molecule has 0 aromatic carbocycles. The first-order valence-electron chi connectivity index (χ1n) is 3.57. The first-order chi connectivity index (χ1) is 5.30. The third-order valence-electron chi connectivity index (χ3n) is 1.38. The van der Waals surface area contributed by atoms with Crippen molar-refractivity contribution in [1.29, 1.82) is 0 Å². The number of hydrogen-bond donors (Lipinski definition) is 0. The Hall–Kier alpha value is -0.570. The van der Waals surface area contributed by atoms with Crippen LogP contribution in [0.25, 0.3) is 0 Å². The second kappa shape index (κ2) is 3.90. The average Bonchev–Trinajstić information content (AvgIpc) is 1.98. The topological polar surface area (TPSA) is 43.4 Å². The first-order valence-corrected chi connectivity index (χ1v) is 4.00. The molecule has 0 spiro atoms. The maximum Gasteiger partial charge on any atom is 0.375 e. The highest BCUT2D eigenvalue weighted by atomic mass is 35.5. The maximum atomic E-state index is 11.1. The third kappa shape index (κ3) is 2.81. The monoisotopic (exact) mass is 192 g/mol. The summed E-state index contributed by atoms with van der Waals surface area (Å²) in [6, 6.07) is 0. The summed E-state index contributed by atoms with van der Waals surface area (Å²) in [5, 5.41) is -0.829. The van der Waals surface area contributed by atoms with E-state index >= 15 is 0 Å². The molecule has 0 aromatic rings. The first kappa shape index (κ1) is 11.4. The Morgan fingerprint density at radius 2 is 1.75 bits per heavy atom. The summed E-state index contributed by atoms with van der Waals surface area (Å²) in [5.41, 5.74) is -0.424. The van der Waals surface area contributed by atoms with Gasteiger partial charge in [0.05, 0.1) is 7.11 Å². The van der Waals surface area contributed by atoms with E-state index in [1.54, 1.807) is 20.8 Å². The fraction of sp³-hybridized carbons (Fsp3) is 0.750. The Morgan fingerprint density at radius 1 is 1.33 bits per heavy atom. The van der Waals surface area contributed by atoms with Crippen molar-refractivity contribution in [3.63, 3.8) is 0 Å². The van der Waals surface area contributed by atoms with Crippen LogP contribution < -0.4 is 0 Å². The second-order valence-corrected chi connectivity index (χ2v) is 4.02. The summed E-state index contributed by atoms with van der Waals surface area (Å²) in [6.45, 7) is 5.35. The number of alkyl halides is 1. The highest BCUT2D eigenvalue weighted by molar-refractivity contribution is 6.47. The molecule has 0 aliphatic rings. The Kier molecular flexibility index (Phi) is 3.71. The van der Waals surface area contributed by atoms with Crippen molar-refractivity contribution in [2.45, 2.75) is 26.1 Å². The fourth-order valence-corrected chi connectivity index (χ4v) is 0.686. The van der Waals surface area contributed by atoms with E-state index in [1.807, 2.05) is 0 Å². The van der Waals surface area contributed by atoms with E-state index in [0.717, 1.165) is 7.11 Å². The number of rotatable bonds is 2. The zero-order chi connectivity index (χ0) is 9.94. The van der Waals surface area contributed by atoms with E-state index in [9.17, 15) is 9.59 Å². The SMILES string of the molecule is COC(=O)C(=O)C(Cl)C(C)(C)C. The Morgan fingerprint density at radius 3 is 2.00 bits per heavy atom. The van der Waals surface area contributed by atoms with Crippen LogP contribution >= 0.6 is 11.6 Å². The molecule has 0 fully saturated rings. The number of carbonyl (C=O) groups excluding carboxylic acids is 2. The van der Waals surface area contributed by atoms with Crippen LogP contribution in [0.2, 0.25) is 0 Å². The Balaban J connectivity index is 4.41. The number of carbonyl (C=O) groups is 2. The van der Waals surface area contributed by atoms with Crippen molar-refractivity contribution in [1.82, 2.24) is 0 Å². The quantitative estimate of drug-likeness (QED) is 0.377. The molecule has 0 aliphatic heterocycles. The molecule has 0 saturated heterocycles. The lowest BCUT2D eigenvalue weighted by Crippen LogP contribution is -2.35. The van der Waals surface area contributed by atoms with Crippen LogP contribution in [0, 0.1) is 5.41 Å². The van der Waals surface area contributed by atoms with Crippen molar-refractivity contribution in [2.75, 3.05) is 7.11 Å². The van der Waals surface area contributed by atoms with Crippen LogP contribution in [0.4, 0.5) is 0 Å². The van der Waals surface area contributed by atoms with Gasteiger partial charge in [0.2, 0.25) is 0 Å². The minimum Gasteiger partial charge on any atom is -0.463 e. The highest BCUT2D eigenvalue weighted by Crippen LogP contribution is 2.25. The summed E-state index contributed by atoms with van der Waals surface area (Å²) in [6.07, 6.45) is 0. The van der Waals surface area contributed by atoms with Gasteiger partial charge in [-0.3, -0.25) is 4.79 Å². The molecule has 0 bridgehead atoms. The number of methoxy groups -OCH3 is 1. The molecule has 1 atom stereocenters. The molecule has 70 valence electrons. The van der Waals surface area contributed by atoms with E-state index in [4.69, 9.17) is 11.6 Å². The third-order valence-corrected chi connectivity index (χ3v) is 2.23. The van der Waals surface area contributed by atoms with Gasteiger partial charge in [0.1, 0.15) is 5.38 Å². The molecule has 0 aromatic heterocycles. The minimum atomic E-state index is -0.884. The molecule has 1 unspecified atom stereocenters. The number of Topliss-reactive ketones (excluding diaryl/α,β-unsaturated/α-hetero) is 1. The van der Waals surface area contributed by atoms with Crippen molar-refractivity contribution in [3.05, 3.63) is 0 Å². The van der Waals surface area contributed by atoms with Crippen LogP contribution in [-0.2, 0) is 14.3 Å². The van der Waals surface area contributed by atoms with Gasteiger partial charge in [0.25, 0.3) is 5.78 Å². The van der Waals surface area contributed by atoms with E-state index < -0.39 is 22.5 Å². The summed E-state index contributed by atoms with van der Waals surface area (Å²) < 4.78 is 4.26. The molecule has 0 aliphatic carbocycles. The summed E-state index contributed by atoms with van der Waals surface area (Å²) in [7, 11) is 1.16. The number of ketones is 1. The molecule has 0 heterocycles. The Bertz CT molecular complexity index is 193. The van der Waals surface area contributed by atoms with Crippen LogP contribution in [0.5, 0.6) is 0 Å². The van der Waals surface area contributed by atoms with Gasteiger partial charge in [-0.25, -0.2) is 4.79 Å². The van der Waals surface area contributed by atoms with Gasteiger partial charge in [-0.05, 0) is 5.41 Å². The van der Waals surface area contributed by atoms with Crippen molar-refractivity contribution < 1.29 is 14.3 Å². The summed E-state index contributed by atoms with van der Waals surface area (Å²) >= 11 is 5.73. The number of hydrogen-bond acceptors (Lipinski definition) is 3. The molecular formula is C8H13ClO3. The smallest absolute Gasteiger partial charge is 0.375 e. The highest BCUT2D eigenvalue weighted by Gasteiger charge is 2.33. The van der Waals surface area contributed by atoms with Crippen molar-refractivity contribution in [3.8, 4) is 0 Å². The van der Waals surface area contributed by atoms with Gasteiger partial charge in [-0.1, -0.05) is 20.8 Å². The zero-order valence-electron chi connectivity index (χ0n) is 7.68. The lowest BCUT2D eigenvalue weighted by molar-refractivity contribution is -0.152. The second-order valence-electron chi connectivity index (χ2n) is 3.58. The number of halogens is 1. The van der Waals surface area contributed by atoms with Gasteiger partial charge in [-0.2, -0.15) is 0 Å². The van der Waals surface area contributed by atoms with Gasteiger partial charge < -0.3 is 4.74 Å². The molecule has 4 heteroatoms. The molecule has 12 heavy (non-hydrogen) atoms. The number of ether oxygens (including phenoxy) is 1. The normalized spacial score (nSPS) is 13.8. The molecule has 0 amide bonds. The van der Waals surface area contributed by atoms with Crippen molar-refractivity contribution in [2.24, 2.45) is 5.41 Å². The molecule has 0 saturated carbocycles. The molecule has 0 rings (SSSR count). The lowest BCUT2D eigenvalue weighted by atomic mass is 9.89. The molecule has 0 radical (unpaired) electrons. The fourth-order valence-electron chi connectivity index (χ4n) is 0.597. The predicted octanol–water partition coefficient (Wildman–Crippen LogP) is 1.38. The van der Waals surface area contributed by atoms with Crippen molar-refractivity contribution >= 4 is 23.4 Å². The predicted molar refractivity (Wildman–Crippen MR) is 46.1 cm³/mol. The summed E-state index contributed by atoms with van der Waals surface area (Å²) in [4.78, 5) is 21.9. The minimum absolute atomic E-state index is 0.424. The summed E-state index contributed by atoms with van der Waals surface area (Å²) in [5.74, 6) is -1.57. The standard InChI is InChI=1S/C8H13ClO3/c1-8(2,3)6(9)5(10)7(11)12-4/h6H,1-4H3. The van der Waals surface area contributed by atoms with Gasteiger partial charge in [-0.15, -0.1) is 11.6 Å². The van der Waals surface area contributed by atoms with Crippen LogP contribution in [-0.4, -0.2) is 24.2 Å². The molecule has 0 N–H and O–H groups in total. The van der Waals surface area contributed by atoms with Gasteiger partial charge in [0, 0.05) is 0 Å². The zero-order valence-corrected chi connectivity index (χ0v) is 8.44. The lowest BCUT2D eigenvalue weighted by Gasteiger charge is -2.22. The van der Waals surface area contributed by atoms with E-state index in [2.05, 4.69) is 4.74 Å².